The Kier molecular flexibility index (Phi) is 10.4. The number of hydrogen-bond acceptors (Lipinski definition) is 2. The van der Waals surface area contributed by atoms with E-state index in [1.54, 1.807) is 0 Å². The van der Waals surface area contributed by atoms with Crippen molar-refractivity contribution in [2.24, 2.45) is 5.73 Å². The minimum absolute atomic E-state index is 0.167. The highest BCUT2D eigenvalue weighted by Crippen LogP contribution is 1.84. The predicted molar refractivity (Wildman–Crippen MR) is 46.2 cm³/mol. The average Bonchev–Trinajstić information content (AvgIpc) is 2.03. The molecule has 0 bridgehead atoms. The van der Waals surface area contributed by atoms with Gasteiger partial charge in [0.15, 0.2) is 0 Å². The molecule has 0 spiro atoms. The van der Waals surface area contributed by atoms with Crippen molar-refractivity contribution in [2.75, 3.05) is 0 Å². The number of carbonyl (C=O) groups is 1. The van der Waals surface area contributed by atoms with Crippen molar-refractivity contribution in [1.82, 2.24) is 0 Å². The van der Waals surface area contributed by atoms with Gasteiger partial charge in [0.1, 0.15) is 0 Å². The van der Waals surface area contributed by atoms with Crippen LogP contribution in [0.2, 0.25) is 0 Å². The van der Waals surface area contributed by atoms with Gasteiger partial charge in [0.2, 0.25) is 0 Å². The van der Waals surface area contributed by atoms with Gasteiger partial charge in [-0.1, -0.05) is 26.7 Å². The van der Waals surface area contributed by atoms with Crippen molar-refractivity contribution in [1.29, 1.82) is 0 Å². The van der Waals surface area contributed by atoms with Crippen LogP contribution in [0.4, 0.5) is 0 Å². The van der Waals surface area contributed by atoms with E-state index >= 15 is 0 Å². The Morgan fingerprint density at radius 2 is 1.82 bits per heavy atom. The fraction of sp³-hybridized carbons (Fsp3) is 0.625. The lowest BCUT2D eigenvalue weighted by molar-refractivity contribution is -0.132. The van der Waals surface area contributed by atoms with Crippen molar-refractivity contribution in [2.45, 2.75) is 33.6 Å². The van der Waals surface area contributed by atoms with Gasteiger partial charge in [0, 0.05) is 11.8 Å². The Bertz CT molecular complexity index is 128. The Hall–Kier alpha value is -0.990. The van der Waals surface area contributed by atoms with E-state index in [4.69, 9.17) is 10.8 Å². The molecular weight excluding hydrogens is 142 g/mol. The molecule has 0 aliphatic heterocycles. The molecule has 0 amide bonds. The number of carboxylic acid groups (broad SMARTS) is 1. The number of unbranched alkanes of at least 4 members (excludes halogenated alkanes) is 1. The van der Waals surface area contributed by atoms with Crippen LogP contribution in [0.15, 0.2) is 11.8 Å². The van der Waals surface area contributed by atoms with Crippen molar-refractivity contribution in [3.63, 3.8) is 0 Å². The van der Waals surface area contributed by atoms with Gasteiger partial charge in [-0.25, -0.2) is 4.79 Å². The van der Waals surface area contributed by atoms with Crippen LogP contribution in [0.1, 0.15) is 33.6 Å². The molecule has 66 valence electrons. The first-order chi connectivity index (χ1) is 5.09. The van der Waals surface area contributed by atoms with Gasteiger partial charge in [-0.3, -0.25) is 0 Å². The molecule has 0 fully saturated rings. The molecule has 0 aliphatic rings. The van der Waals surface area contributed by atoms with Gasteiger partial charge < -0.3 is 10.8 Å². The van der Waals surface area contributed by atoms with Crippen LogP contribution in [0.3, 0.4) is 0 Å². The summed E-state index contributed by atoms with van der Waals surface area (Å²) in [6.45, 7) is 5.79. The van der Waals surface area contributed by atoms with Crippen molar-refractivity contribution in [3.05, 3.63) is 11.8 Å². The van der Waals surface area contributed by atoms with Gasteiger partial charge >= 0.3 is 5.97 Å². The summed E-state index contributed by atoms with van der Waals surface area (Å²) in [6, 6.07) is 0. The summed E-state index contributed by atoms with van der Waals surface area (Å²) in [5.74, 6) is -0.970. The SMILES string of the molecule is C/C(=C/N)C(=O)O.CCCC. The zero-order chi connectivity index (χ0) is 9.28. The molecule has 0 saturated carbocycles. The molecule has 0 aromatic heterocycles. The van der Waals surface area contributed by atoms with Crippen LogP contribution >= 0.6 is 0 Å². The Morgan fingerprint density at radius 3 is 1.82 bits per heavy atom. The molecule has 0 rings (SSSR count). The number of rotatable bonds is 2. The molecule has 3 nitrogen and oxygen atoms in total. The van der Waals surface area contributed by atoms with Crippen LogP contribution in [0, 0.1) is 0 Å². The highest BCUT2D eigenvalue weighted by atomic mass is 16.4. The Balaban J connectivity index is 0. The smallest absolute Gasteiger partial charge is 0.332 e. The minimum Gasteiger partial charge on any atom is -0.478 e. The van der Waals surface area contributed by atoms with E-state index in [1.807, 2.05) is 0 Å². The summed E-state index contributed by atoms with van der Waals surface area (Å²) >= 11 is 0. The maximum Gasteiger partial charge on any atom is 0.332 e. The summed E-state index contributed by atoms with van der Waals surface area (Å²) in [7, 11) is 0. The molecular formula is C8H17NO2. The fourth-order valence-electron chi connectivity index (χ4n) is 0.0713. The number of nitrogens with two attached hydrogens (primary N) is 1. The van der Waals surface area contributed by atoms with Crippen LogP contribution in [0.25, 0.3) is 0 Å². The Morgan fingerprint density at radius 1 is 1.45 bits per heavy atom. The van der Waals surface area contributed by atoms with E-state index in [9.17, 15) is 4.79 Å². The zero-order valence-electron chi connectivity index (χ0n) is 7.42. The lowest BCUT2D eigenvalue weighted by Gasteiger charge is -1.84. The van der Waals surface area contributed by atoms with E-state index in [0.717, 1.165) is 6.20 Å². The number of aliphatic carboxylic acids is 1. The predicted octanol–water partition coefficient (Wildman–Crippen LogP) is 1.74. The zero-order valence-corrected chi connectivity index (χ0v) is 7.42. The third kappa shape index (κ3) is 12.3. The van der Waals surface area contributed by atoms with Crippen LogP contribution in [0.5, 0.6) is 0 Å². The first-order valence-electron chi connectivity index (χ1n) is 3.71. The van der Waals surface area contributed by atoms with E-state index in [0.29, 0.717) is 0 Å². The summed E-state index contributed by atoms with van der Waals surface area (Å²) in [5, 5.41) is 8.03. The molecule has 11 heavy (non-hydrogen) atoms. The van der Waals surface area contributed by atoms with Crippen molar-refractivity contribution >= 4 is 5.97 Å². The highest BCUT2D eigenvalue weighted by molar-refractivity contribution is 5.85. The monoisotopic (exact) mass is 159 g/mol. The van der Waals surface area contributed by atoms with Crippen LogP contribution in [-0.4, -0.2) is 11.1 Å². The van der Waals surface area contributed by atoms with Gasteiger partial charge in [0.05, 0.1) is 0 Å². The molecule has 0 aromatic rings. The van der Waals surface area contributed by atoms with Gasteiger partial charge in [-0.05, 0) is 6.92 Å². The van der Waals surface area contributed by atoms with Crippen LogP contribution in [-0.2, 0) is 4.79 Å². The Labute approximate surface area is 67.9 Å². The maximum absolute atomic E-state index is 9.78. The minimum atomic E-state index is -0.970. The van der Waals surface area contributed by atoms with Crippen molar-refractivity contribution < 1.29 is 9.90 Å². The van der Waals surface area contributed by atoms with Gasteiger partial charge in [-0.2, -0.15) is 0 Å². The van der Waals surface area contributed by atoms with Gasteiger partial charge in [0.25, 0.3) is 0 Å². The summed E-state index contributed by atoms with van der Waals surface area (Å²) < 4.78 is 0. The topological polar surface area (TPSA) is 63.3 Å². The molecule has 0 unspecified atom stereocenters. The lowest BCUT2D eigenvalue weighted by atomic mass is 10.3. The number of carboxylic acids is 1. The summed E-state index contributed by atoms with van der Waals surface area (Å²) in [4.78, 5) is 9.78. The lowest BCUT2D eigenvalue weighted by Crippen LogP contribution is -1.98. The fourth-order valence-corrected chi connectivity index (χ4v) is 0.0713. The first kappa shape index (κ1) is 12.7. The third-order valence-corrected chi connectivity index (χ3v) is 1.09. The first-order valence-corrected chi connectivity index (χ1v) is 3.71. The van der Waals surface area contributed by atoms with E-state index in [2.05, 4.69) is 13.8 Å². The quantitative estimate of drug-likeness (QED) is 0.603. The average molecular weight is 159 g/mol. The third-order valence-electron chi connectivity index (χ3n) is 1.09. The second-order valence-corrected chi connectivity index (χ2v) is 2.15. The molecule has 0 saturated heterocycles. The molecule has 0 atom stereocenters. The molecule has 0 heterocycles. The van der Waals surface area contributed by atoms with Crippen molar-refractivity contribution in [3.8, 4) is 0 Å². The molecule has 3 heteroatoms. The van der Waals surface area contributed by atoms with E-state index in [-0.39, 0.29) is 5.57 Å². The van der Waals surface area contributed by atoms with E-state index in [1.165, 1.54) is 19.8 Å². The maximum atomic E-state index is 9.78. The van der Waals surface area contributed by atoms with Crippen LogP contribution < -0.4 is 5.73 Å². The molecule has 0 aromatic carbocycles. The molecule has 0 radical (unpaired) electrons. The normalized spacial score (nSPS) is 9.91. The molecule has 0 aliphatic carbocycles. The standard InChI is InChI=1S/C4H7NO2.C4H10/c1-3(2-5)4(6)7;1-3-4-2/h2H,5H2,1H3,(H,6,7);3-4H2,1-2H3/b3-2-;. The summed E-state index contributed by atoms with van der Waals surface area (Å²) in [5.41, 5.74) is 5.00. The highest BCUT2D eigenvalue weighted by Gasteiger charge is 1.94. The number of hydrogen-bond donors (Lipinski definition) is 2. The second-order valence-electron chi connectivity index (χ2n) is 2.15. The second kappa shape index (κ2) is 9.01. The van der Waals surface area contributed by atoms with Gasteiger partial charge in [-0.15, -0.1) is 0 Å². The van der Waals surface area contributed by atoms with E-state index < -0.39 is 5.97 Å². The molecule has 3 N–H and O–H groups in total. The summed E-state index contributed by atoms with van der Waals surface area (Å²) in [6.07, 6.45) is 3.70. The largest absolute Gasteiger partial charge is 0.478 e.